The first kappa shape index (κ1) is 21.6. The Morgan fingerprint density at radius 3 is 2.17 bits per heavy atom. The van der Waals surface area contributed by atoms with Gasteiger partial charge in [0.05, 0.1) is 4.90 Å². The van der Waals surface area contributed by atoms with E-state index in [2.05, 4.69) is 15.4 Å². The minimum absolute atomic E-state index is 0.124. The fourth-order valence-corrected chi connectivity index (χ4v) is 3.85. The Labute approximate surface area is 181 Å². The van der Waals surface area contributed by atoms with Gasteiger partial charge in [-0.25, -0.2) is 13.1 Å². The Morgan fingerprint density at radius 2 is 1.53 bits per heavy atom. The molecule has 0 unspecified atom stereocenters. The van der Waals surface area contributed by atoms with E-state index in [0.717, 1.165) is 11.1 Å². The third-order valence-electron chi connectivity index (χ3n) is 4.27. The molecule has 0 aliphatic carbocycles. The average Bonchev–Trinajstić information content (AvgIpc) is 2.74. The molecule has 0 aliphatic rings. The lowest BCUT2D eigenvalue weighted by Crippen LogP contribution is -2.34. The van der Waals surface area contributed by atoms with Gasteiger partial charge in [-0.3, -0.25) is 10.1 Å². The number of amides is 1. The van der Waals surface area contributed by atoms with E-state index in [-0.39, 0.29) is 22.5 Å². The van der Waals surface area contributed by atoms with Crippen molar-refractivity contribution in [1.29, 1.82) is 0 Å². The second-order valence-electron chi connectivity index (χ2n) is 6.61. The molecule has 8 heteroatoms. The fraction of sp³-hybridized carbons (Fsp3) is 0.0909. The first-order valence-electron chi connectivity index (χ1n) is 9.16. The summed E-state index contributed by atoms with van der Waals surface area (Å²) in [7, 11) is -3.64. The molecule has 3 N–H and O–H groups in total. The molecule has 0 heterocycles. The van der Waals surface area contributed by atoms with Crippen molar-refractivity contribution in [1.82, 2.24) is 10.0 Å². The standard InChI is InChI=1S/C22H21N3O3S2/c1-16-7-9-18(10-8-16)21(26)25-22(29)24-19-11-13-20(14-12-19)30(27,28)23-15-17-5-3-2-4-6-17/h2-14,23H,15H2,1H3,(H2,24,25,26,29). The summed E-state index contributed by atoms with van der Waals surface area (Å²) in [6.45, 7) is 2.15. The van der Waals surface area contributed by atoms with Crippen LogP contribution in [0.2, 0.25) is 0 Å². The quantitative estimate of drug-likeness (QED) is 0.511. The fourth-order valence-electron chi connectivity index (χ4n) is 2.62. The Kier molecular flexibility index (Phi) is 6.94. The highest BCUT2D eigenvalue weighted by atomic mass is 32.2. The number of hydrogen-bond donors (Lipinski definition) is 3. The Hall–Kier alpha value is -3.07. The van der Waals surface area contributed by atoms with Crippen LogP contribution in [-0.2, 0) is 16.6 Å². The van der Waals surface area contributed by atoms with Crippen LogP contribution in [0.3, 0.4) is 0 Å². The maximum absolute atomic E-state index is 12.5. The van der Waals surface area contributed by atoms with E-state index in [0.29, 0.717) is 11.3 Å². The van der Waals surface area contributed by atoms with Crippen molar-refractivity contribution in [2.75, 3.05) is 5.32 Å². The Morgan fingerprint density at radius 1 is 0.900 bits per heavy atom. The molecule has 0 aliphatic heterocycles. The predicted molar refractivity (Wildman–Crippen MR) is 122 cm³/mol. The second-order valence-corrected chi connectivity index (χ2v) is 8.78. The molecular weight excluding hydrogens is 418 g/mol. The van der Waals surface area contributed by atoms with Gasteiger partial charge in [0.25, 0.3) is 5.91 Å². The molecular formula is C22H21N3O3S2. The topological polar surface area (TPSA) is 87.3 Å². The predicted octanol–water partition coefficient (Wildman–Crippen LogP) is 3.60. The second kappa shape index (κ2) is 9.62. The molecule has 0 bridgehead atoms. The minimum atomic E-state index is -3.64. The molecule has 1 amide bonds. The Balaban J connectivity index is 1.57. The van der Waals surface area contributed by atoms with Crippen LogP contribution in [-0.4, -0.2) is 19.4 Å². The molecule has 0 radical (unpaired) electrons. The number of aryl methyl sites for hydroxylation is 1. The highest BCUT2D eigenvalue weighted by Gasteiger charge is 2.14. The first-order valence-corrected chi connectivity index (χ1v) is 11.1. The number of carbonyl (C=O) groups is 1. The zero-order chi connectivity index (χ0) is 21.6. The molecule has 0 saturated heterocycles. The Bertz CT molecular complexity index is 1130. The van der Waals surface area contributed by atoms with Crippen LogP contribution >= 0.6 is 12.2 Å². The molecule has 154 valence electrons. The van der Waals surface area contributed by atoms with Gasteiger partial charge in [0.15, 0.2) is 5.11 Å². The highest BCUT2D eigenvalue weighted by Crippen LogP contribution is 2.15. The van der Waals surface area contributed by atoms with Crippen LogP contribution in [0.15, 0.2) is 83.8 Å². The maximum Gasteiger partial charge on any atom is 0.257 e. The molecule has 3 rings (SSSR count). The van der Waals surface area contributed by atoms with E-state index in [9.17, 15) is 13.2 Å². The lowest BCUT2D eigenvalue weighted by atomic mass is 10.1. The number of benzene rings is 3. The summed E-state index contributed by atoms with van der Waals surface area (Å²) >= 11 is 5.17. The van der Waals surface area contributed by atoms with Crippen molar-refractivity contribution < 1.29 is 13.2 Å². The summed E-state index contributed by atoms with van der Waals surface area (Å²) in [6, 6.07) is 22.5. The molecule has 3 aromatic rings. The SMILES string of the molecule is Cc1ccc(C(=O)NC(=S)Nc2ccc(S(=O)(=O)NCc3ccccc3)cc2)cc1. The summed E-state index contributed by atoms with van der Waals surface area (Å²) in [4.78, 5) is 12.3. The van der Waals surface area contributed by atoms with E-state index in [1.165, 1.54) is 12.1 Å². The number of rotatable bonds is 6. The summed E-state index contributed by atoms with van der Waals surface area (Å²) in [5.41, 5.74) is 2.98. The lowest BCUT2D eigenvalue weighted by molar-refractivity contribution is 0.0977. The van der Waals surface area contributed by atoms with Gasteiger partial charge in [0, 0.05) is 17.8 Å². The summed E-state index contributed by atoms with van der Waals surface area (Å²) in [5, 5.41) is 5.60. The molecule has 6 nitrogen and oxygen atoms in total. The van der Waals surface area contributed by atoms with Gasteiger partial charge >= 0.3 is 0 Å². The van der Waals surface area contributed by atoms with E-state index in [1.807, 2.05) is 49.4 Å². The number of hydrogen-bond acceptors (Lipinski definition) is 4. The van der Waals surface area contributed by atoms with Gasteiger partial charge in [-0.15, -0.1) is 0 Å². The lowest BCUT2D eigenvalue weighted by Gasteiger charge is -2.11. The molecule has 3 aromatic carbocycles. The molecule has 0 fully saturated rings. The van der Waals surface area contributed by atoms with Gasteiger partial charge < -0.3 is 5.32 Å². The summed E-state index contributed by atoms with van der Waals surface area (Å²) in [6.07, 6.45) is 0. The molecule has 0 spiro atoms. The normalized spacial score (nSPS) is 11.0. The van der Waals surface area contributed by atoms with Gasteiger partial charge in [0.1, 0.15) is 0 Å². The van der Waals surface area contributed by atoms with E-state index >= 15 is 0 Å². The van der Waals surface area contributed by atoms with Crippen LogP contribution in [0, 0.1) is 6.92 Å². The zero-order valence-corrected chi connectivity index (χ0v) is 17.9. The smallest absolute Gasteiger partial charge is 0.257 e. The first-order chi connectivity index (χ1) is 14.3. The number of nitrogens with one attached hydrogen (secondary N) is 3. The highest BCUT2D eigenvalue weighted by molar-refractivity contribution is 7.89. The minimum Gasteiger partial charge on any atom is -0.332 e. The van der Waals surface area contributed by atoms with Gasteiger partial charge in [0.2, 0.25) is 10.0 Å². The maximum atomic E-state index is 12.5. The van der Waals surface area contributed by atoms with Gasteiger partial charge in [-0.2, -0.15) is 0 Å². The number of carbonyl (C=O) groups excluding carboxylic acids is 1. The van der Waals surface area contributed by atoms with Gasteiger partial charge in [-0.1, -0.05) is 48.0 Å². The van der Waals surface area contributed by atoms with Crippen molar-refractivity contribution in [3.63, 3.8) is 0 Å². The van der Waals surface area contributed by atoms with Crippen LogP contribution in [0.5, 0.6) is 0 Å². The van der Waals surface area contributed by atoms with E-state index < -0.39 is 10.0 Å². The monoisotopic (exact) mass is 439 g/mol. The van der Waals surface area contributed by atoms with Gasteiger partial charge in [-0.05, 0) is 61.1 Å². The summed E-state index contributed by atoms with van der Waals surface area (Å²) in [5.74, 6) is -0.322. The molecule has 0 saturated carbocycles. The third kappa shape index (κ3) is 5.96. The summed E-state index contributed by atoms with van der Waals surface area (Å²) < 4.78 is 27.5. The van der Waals surface area contributed by atoms with Crippen molar-refractivity contribution in [2.24, 2.45) is 0 Å². The van der Waals surface area contributed by atoms with Crippen LogP contribution in [0.1, 0.15) is 21.5 Å². The van der Waals surface area contributed by atoms with E-state index in [4.69, 9.17) is 12.2 Å². The number of sulfonamides is 1. The average molecular weight is 440 g/mol. The van der Waals surface area contributed by atoms with E-state index in [1.54, 1.807) is 24.3 Å². The van der Waals surface area contributed by atoms with Crippen molar-refractivity contribution in [2.45, 2.75) is 18.4 Å². The molecule has 0 atom stereocenters. The largest absolute Gasteiger partial charge is 0.332 e. The van der Waals surface area contributed by atoms with Crippen molar-refractivity contribution in [3.8, 4) is 0 Å². The van der Waals surface area contributed by atoms with Crippen LogP contribution < -0.4 is 15.4 Å². The van der Waals surface area contributed by atoms with Crippen LogP contribution in [0.25, 0.3) is 0 Å². The zero-order valence-electron chi connectivity index (χ0n) is 16.3. The molecule has 0 aromatic heterocycles. The molecule has 30 heavy (non-hydrogen) atoms. The van der Waals surface area contributed by atoms with Crippen LogP contribution in [0.4, 0.5) is 5.69 Å². The van der Waals surface area contributed by atoms with Crippen molar-refractivity contribution >= 4 is 38.9 Å². The third-order valence-corrected chi connectivity index (χ3v) is 5.89. The number of anilines is 1. The number of thiocarbonyl (C=S) groups is 1. The van der Waals surface area contributed by atoms with Crippen molar-refractivity contribution in [3.05, 3.63) is 95.6 Å².